The number of primary amides is 1. The predicted octanol–water partition coefficient (Wildman–Crippen LogP) is 1.79. The molecule has 2 rings (SSSR count). The van der Waals surface area contributed by atoms with Gasteiger partial charge in [0, 0.05) is 25.2 Å². The molecular formula is C17H27ClN4O2. The second-order valence-electron chi connectivity index (χ2n) is 6.15. The molecule has 1 fully saturated rings. The lowest BCUT2D eigenvalue weighted by Crippen LogP contribution is -2.52. The van der Waals surface area contributed by atoms with Crippen molar-refractivity contribution in [1.29, 1.82) is 0 Å². The Hall–Kier alpha value is -1.79. The molecule has 1 aliphatic rings. The van der Waals surface area contributed by atoms with Gasteiger partial charge < -0.3 is 21.7 Å². The third kappa shape index (κ3) is 5.11. The molecule has 6 nitrogen and oxygen atoms in total. The lowest BCUT2D eigenvalue weighted by Gasteiger charge is -2.38. The van der Waals surface area contributed by atoms with E-state index in [1.165, 1.54) is 0 Å². The van der Waals surface area contributed by atoms with Crippen LogP contribution in [-0.4, -0.2) is 36.0 Å². The molecule has 0 aromatic heterocycles. The van der Waals surface area contributed by atoms with E-state index in [4.69, 9.17) is 11.5 Å². The molecule has 1 aromatic carbocycles. The molecule has 3 atom stereocenters. The van der Waals surface area contributed by atoms with Crippen LogP contribution >= 0.6 is 12.4 Å². The highest BCUT2D eigenvalue weighted by molar-refractivity contribution is 5.85. The van der Waals surface area contributed by atoms with Crippen LogP contribution in [0, 0.1) is 5.92 Å². The van der Waals surface area contributed by atoms with Gasteiger partial charge in [-0.15, -0.1) is 12.4 Å². The molecular weight excluding hydrogens is 328 g/mol. The maximum atomic E-state index is 12.9. The second kappa shape index (κ2) is 9.49. The maximum absolute atomic E-state index is 12.9. The number of urea groups is 1. The van der Waals surface area contributed by atoms with E-state index in [0.29, 0.717) is 13.1 Å². The molecule has 0 radical (unpaired) electrons. The van der Waals surface area contributed by atoms with Gasteiger partial charge in [0.1, 0.15) is 0 Å². The number of hydrogen-bond donors (Lipinski definition) is 3. The van der Waals surface area contributed by atoms with E-state index >= 15 is 0 Å². The Kier molecular flexibility index (Phi) is 8.01. The summed E-state index contributed by atoms with van der Waals surface area (Å²) in [4.78, 5) is 25.7. The molecule has 3 amide bonds. The van der Waals surface area contributed by atoms with Crippen LogP contribution in [0.5, 0.6) is 0 Å². The Balaban J connectivity index is 0.00000288. The van der Waals surface area contributed by atoms with Gasteiger partial charge in [-0.2, -0.15) is 0 Å². The van der Waals surface area contributed by atoms with Gasteiger partial charge in [0.15, 0.2) is 0 Å². The van der Waals surface area contributed by atoms with Crippen LogP contribution in [0.1, 0.15) is 37.8 Å². The molecule has 24 heavy (non-hydrogen) atoms. The highest BCUT2D eigenvalue weighted by atomic mass is 35.5. The Morgan fingerprint density at radius 2 is 1.96 bits per heavy atom. The molecule has 1 heterocycles. The highest BCUT2D eigenvalue weighted by Crippen LogP contribution is 2.25. The number of rotatable bonds is 5. The van der Waals surface area contributed by atoms with Crippen LogP contribution in [0.25, 0.3) is 0 Å². The fourth-order valence-corrected chi connectivity index (χ4v) is 3.10. The standard InChI is InChI=1S/C17H26N4O2.ClH/c1-12(15(18)13-7-3-2-4-8-13)16(22)21-10-6-5-9-14(21)11-20-17(19)23;/h2-4,7-8,12,14-15H,5-6,9-11,18H2,1H3,(H3,19,20,23);1H. The van der Waals surface area contributed by atoms with E-state index < -0.39 is 6.03 Å². The van der Waals surface area contributed by atoms with Gasteiger partial charge >= 0.3 is 6.03 Å². The van der Waals surface area contributed by atoms with E-state index in [2.05, 4.69) is 5.32 Å². The predicted molar refractivity (Wildman–Crippen MR) is 96.7 cm³/mol. The maximum Gasteiger partial charge on any atom is 0.312 e. The Morgan fingerprint density at radius 3 is 2.58 bits per heavy atom. The first-order chi connectivity index (χ1) is 11.0. The van der Waals surface area contributed by atoms with Gasteiger partial charge in [-0.25, -0.2) is 4.79 Å². The fourth-order valence-electron chi connectivity index (χ4n) is 3.10. The van der Waals surface area contributed by atoms with Crippen molar-refractivity contribution >= 4 is 24.3 Å². The molecule has 134 valence electrons. The number of likely N-dealkylation sites (tertiary alicyclic amines) is 1. The van der Waals surface area contributed by atoms with Crippen molar-refractivity contribution < 1.29 is 9.59 Å². The van der Waals surface area contributed by atoms with E-state index in [-0.39, 0.29) is 36.3 Å². The van der Waals surface area contributed by atoms with E-state index in [9.17, 15) is 9.59 Å². The first kappa shape index (κ1) is 20.3. The van der Waals surface area contributed by atoms with Crippen molar-refractivity contribution in [2.75, 3.05) is 13.1 Å². The van der Waals surface area contributed by atoms with Gasteiger partial charge in [-0.05, 0) is 24.8 Å². The zero-order valence-corrected chi connectivity index (χ0v) is 14.8. The minimum Gasteiger partial charge on any atom is -0.352 e. The Bertz CT molecular complexity index is 541. The summed E-state index contributed by atoms with van der Waals surface area (Å²) in [5, 5.41) is 2.61. The third-order valence-corrected chi connectivity index (χ3v) is 4.53. The summed E-state index contributed by atoms with van der Waals surface area (Å²) in [7, 11) is 0. The zero-order chi connectivity index (χ0) is 16.8. The lowest BCUT2D eigenvalue weighted by atomic mass is 9.92. The summed E-state index contributed by atoms with van der Waals surface area (Å²) >= 11 is 0. The number of nitrogens with one attached hydrogen (secondary N) is 1. The first-order valence-electron chi connectivity index (χ1n) is 8.15. The number of carbonyl (C=O) groups excluding carboxylic acids is 2. The van der Waals surface area contributed by atoms with Crippen LogP contribution in [0.2, 0.25) is 0 Å². The third-order valence-electron chi connectivity index (χ3n) is 4.53. The molecule has 1 aliphatic heterocycles. The molecule has 7 heteroatoms. The fraction of sp³-hybridized carbons (Fsp3) is 0.529. The number of benzene rings is 1. The largest absolute Gasteiger partial charge is 0.352 e. The number of nitrogens with two attached hydrogens (primary N) is 2. The Morgan fingerprint density at radius 1 is 1.29 bits per heavy atom. The summed E-state index contributed by atoms with van der Waals surface area (Å²) in [5.41, 5.74) is 12.4. The first-order valence-corrected chi connectivity index (χ1v) is 8.15. The number of amides is 3. The molecule has 0 spiro atoms. The van der Waals surface area contributed by atoms with Gasteiger partial charge in [-0.3, -0.25) is 4.79 Å². The molecule has 3 unspecified atom stereocenters. The van der Waals surface area contributed by atoms with Crippen LogP contribution < -0.4 is 16.8 Å². The Labute approximate surface area is 149 Å². The number of carbonyl (C=O) groups is 2. The molecule has 1 saturated heterocycles. The van der Waals surface area contributed by atoms with Crippen LogP contribution in [-0.2, 0) is 4.79 Å². The molecule has 5 N–H and O–H groups in total. The van der Waals surface area contributed by atoms with Crippen LogP contribution in [0.3, 0.4) is 0 Å². The SMILES string of the molecule is CC(C(=O)N1CCCCC1CNC(N)=O)C(N)c1ccccc1.Cl. The zero-order valence-electron chi connectivity index (χ0n) is 14.0. The van der Waals surface area contributed by atoms with Crippen molar-refractivity contribution in [1.82, 2.24) is 10.2 Å². The monoisotopic (exact) mass is 354 g/mol. The molecule has 0 bridgehead atoms. The van der Waals surface area contributed by atoms with E-state index in [1.54, 1.807) is 0 Å². The number of halogens is 1. The van der Waals surface area contributed by atoms with Crippen molar-refractivity contribution in [2.45, 2.75) is 38.3 Å². The average Bonchev–Trinajstić information content (AvgIpc) is 2.59. The van der Waals surface area contributed by atoms with Crippen LogP contribution in [0.15, 0.2) is 30.3 Å². The van der Waals surface area contributed by atoms with Crippen molar-refractivity contribution in [3.63, 3.8) is 0 Å². The average molecular weight is 355 g/mol. The summed E-state index contributed by atoms with van der Waals surface area (Å²) in [6.07, 6.45) is 2.90. The van der Waals surface area contributed by atoms with Crippen molar-refractivity contribution in [3.8, 4) is 0 Å². The van der Waals surface area contributed by atoms with E-state index in [1.807, 2.05) is 42.2 Å². The smallest absolute Gasteiger partial charge is 0.312 e. The quantitative estimate of drug-likeness (QED) is 0.751. The normalized spacial score (nSPS) is 19.8. The van der Waals surface area contributed by atoms with Crippen molar-refractivity contribution in [2.24, 2.45) is 17.4 Å². The number of hydrogen-bond acceptors (Lipinski definition) is 3. The van der Waals surface area contributed by atoms with Gasteiger partial charge in [0.25, 0.3) is 0 Å². The summed E-state index contributed by atoms with van der Waals surface area (Å²) < 4.78 is 0. The lowest BCUT2D eigenvalue weighted by molar-refractivity contribution is -0.139. The minimum atomic E-state index is -0.558. The summed E-state index contributed by atoms with van der Waals surface area (Å²) in [6.45, 7) is 2.97. The van der Waals surface area contributed by atoms with Crippen LogP contribution in [0.4, 0.5) is 4.79 Å². The summed E-state index contributed by atoms with van der Waals surface area (Å²) in [5.74, 6) is -0.274. The topological polar surface area (TPSA) is 101 Å². The van der Waals surface area contributed by atoms with Gasteiger partial charge in [-0.1, -0.05) is 37.3 Å². The van der Waals surface area contributed by atoms with Gasteiger partial charge in [0.05, 0.1) is 5.92 Å². The number of piperidine rings is 1. The van der Waals surface area contributed by atoms with Crippen molar-refractivity contribution in [3.05, 3.63) is 35.9 Å². The highest BCUT2D eigenvalue weighted by Gasteiger charge is 2.32. The summed E-state index contributed by atoms with van der Waals surface area (Å²) in [6, 6.07) is 8.76. The van der Waals surface area contributed by atoms with Gasteiger partial charge in [0.2, 0.25) is 5.91 Å². The molecule has 0 aliphatic carbocycles. The second-order valence-corrected chi connectivity index (χ2v) is 6.15. The minimum absolute atomic E-state index is 0. The molecule has 1 aromatic rings. The van der Waals surface area contributed by atoms with E-state index in [0.717, 1.165) is 24.8 Å². The molecule has 0 saturated carbocycles. The number of nitrogens with zero attached hydrogens (tertiary/aromatic N) is 1.